The molecule has 0 aromatic heterocycles. The molecule has 1 unspecified atom stereocenters. The van der Waals surface area contributed by atoms with Crippen LogP contribution in [0.3, 0.4) is 0 Å². The molecular formula is C17H26N2O4S. The zero-order valence-corrected chi connectivity index (χ0v) is 15.3. The highest BCUT2D eigenvalue weighted by Crippen LogP contribution is 2.22. The van der Waals surface area contributed by atoms with E-state index in [1.165, 1.54) is 10.4 Å². The van der Waals surface area contributed by atoms with Crippen LogP contribution in [-0.4, -0.2) is 44.4 Å². The summed E-state index contributed by atoms with van der Waals surface area (Å²) in [5.74, 6) is -0.139. The molecule has 7 heteroatoms. The molecule has 1 N–H and O–H groups in total. The number of amides is 1. The third kappa shape index (κ3) is 4.34. The van der Waals surface area contributed by atoms with Gasteiger partial charge in [-0.3, -0.25) is 4.79 Å². The van der Waals surface area contributed by atoms with Crippen molar-refractivity contribution >= 4 is 21.6 Å². The summed E-state index contributed by atoms with van der Waals surface area (Å²) < 4.78 is 32.4. The zero-order valence-electron chi connectivity index (χ0n) is 14.5. The number of morpholine rings is 1. The summed E-state index contributed by atoms with van der Waals surface area (Å²) in [6.45, 7) is 6.87. The van der Waals surface area contributed by atoms with E-state index in [0.717, 1.165) is 12.8 Å². The van der Waals surface area contributed by atoms with Crippen molar-refractivity contribution in [2.24, 2.45) is 5.92 Å². The molecule has 1 aliphatic rings. The van der Waals surface area contributed by atoms with E-state index >= 15 is 0 Å². The third-order valence-corrected chi connectivity index (χ3v) is 6.16. The minimum Gasteiger partial charge on any atom is -0.376 e. The molecule has 24 heavy (non-hydrogen) atoms. The Balaban J connectivity index is 2.18. The quantitative estimate of drug-likeness (QED) is 0.851. The van der Waals surface area contributed by atoms with Gasteiger partial charge in [0.2, 0.25) is 15.9 Å². The van der Waals surface area contributed by atoms with Gasteiger partial charge >= 0.3 is 0 Å². The van der Waals surface area contributed by atoms with Crippen LogP contribution in [0.1, 0.15) is 33.6 Å². The zero-order chi connectivity index (χ0) is 17.7. The van der Waals surface area contributed by atoms with Crippen molar-refractivity contribution in [3.8, 4) is 0 Å². The number of hydrogen-bond donors (Lipinski definition) is 1. The Hall–Kier alpha value is -1.44. The van der Waals surface area contributed by atoms with Crippen molar-refractivity contribution in [3.63, 3.8) is 0 Å². The van der Waals surface area contributed by atoms with Crippen LogP contribution in [-0.2, 0) is 19.6 Å². The van der Waals surface area contributed by atoms with Crippen LogP contribution in [0.2, 0.25) is 0 Å². The molecule has 0 spiro atoms. The molecule has 1 aliphatic heterocycles. The van der Waals surface area contributed by atoms with E-state index < -0.39 is 10.0 Å². The average molecular weight is 354 g/mol. The van der Waals surface area contributed by atoms with Gasteiger partial charge in [0.15, 0.2) is 0 Å². The molecule has 1 saturated heterocycles. The van der Waals surface area contributed by atoms with Crippen molar-refractivity contribution < 1.29 is 17.9 Å². The van der Waals surface area contributed by atoms with E-state index in [-0.39, 0.29) is 22.8 Å². The molecule has 2 rings (SSSR count). The van der Waals surface area contributed by atoms with Crippen LogP contribution < -0.4 is 5.32 Å². The van der Waals surface area contributed by atoms with Gasteiger partial charge in [0.1, 0.15) is 0 Å². The number of hydrogen-bond acceptors (Lipinski definition) is 4. The van der Waals surface area contributed by atoms with Gasteiger partial charge < -0.3 is 10.1 Å². The fourth-order valence-electron chi connectivity index (χ4n) is 2.79. The highest BCUT2D eigenvalue weighted by Gasteiger charge is 2.29. The smallest absolute Gasteiger partial charge is 0.243 e. The van der Waals surface area contributed by atoms with E-state index in [2.05, 4.69) is 5.32 Å². The summed E-state index contributed by atoms with van der Waals surface area (Å²) in [5.41, 5.74) is 0.509. The van der Waals surface area contributed by atoms with Crippen LogP contribution in [0.5, 0.6) is 0 Å². The number of rotatable bonds is 6. The van der Waals surface area contributed by atoms with Crippen LogP contribution in [0.25, 0.3) is 0 Å². The second-order valence-corrected chi connectivity index (χ2v) is 8.01. The third-order valence-electron chi connectivity index (χ3n) is 4.30. The molecule has 0 radical (unpaired) electrons. The van der Waals surface area contributed by atoms with Gasteiger partial charge in [-0.1, -0.05) is 19.9 Å². The summed E-state index contributed by atoms with van der Waals surface area (Å²) in [5, 5.41) is 2.82. The maximum Gasteiger partial charge on any atom is 0.243 e. The van der Waals surface area contributed by atoms with Crippen molar-refractivity contribution in [2.45, 2.75) is 44.6 Å². The summed E-state index contributed by atoms with van der Waals surface area (Å²) in [4.78, 5) is 12.4. The second kappa shape index (κ2) is 8.09. The Labute approximate surface area is 144 Å². The lowest BCUT2D eigenvalue weighted by atomic mass is 10.0. The summed E-state index contributed by atoms with van der Waals surface area (Å²) in [7, 11) is -3.58. The molecule has 0 saturated carbocycles. The van der Waals surface area contributed by atoms with E-state index in [9.17, 15) is 13.2 Å². The van der Waals surface area contributed by atoms with Gasteiger partial charge in [-0.05, 0) is 38.0 Å². The number of ether oxygens (including phenoxy) is 1. The number of sulfonamides is 1. The van der Waals surface area contributed by atoms with Crippen molar-refractivity contribution in [1.82, 2.24) is 4.31 Å². The number of nitrogens with zero attached hydrogens (tertiary/aromatic N) is 1. The Morgan fingerprint density at radius 1 is 1.38 bits per heavy atom. The van der Waals surface area contributed by atoms with E-state index in [1.54, 1.807) is 18.2 Å². The molecule has 1 aromatic rings. The standard InChI is InChI=1S/C17H26N2O4S/c1-4-14(5-2)17(20)18-15-7-6-8-16(11-15)24(21,22)19-9-10-23-13(3)12-19/h6-8,11,13-14H,4-5,9-10,12H2,1-3H3,(H,18,20). The first-order valence-electron chi connectivity index (χ1n) is 8.41. The molecule has 0 bridgehead atoms. The lowest BCUT2D eigenvalue weighted by Crippen LogP contribution is -2.44. The highest BCUT2D eigenvalue weighted by atomic mass is 32.2. The summed E-state index contributed by atoms with van der Waals surface area (Å²) in [6.07, 6.45) is 1.39. The van der Waals surface area contributed by atoms with Gasteiger partial charge in [-0.2, -0.15) is 4.31 Å². The molecular weight excluding hydrogens is 328 g/mol. The van der Waals surface area contributed by atoms with Crippen molar-refractivity contribution in [1.29, 1.82) is 0 Å². The predicted molar refractivity (Wildman–Crippen MR) is 93.3 cm³/mol. The average Bonchev–Trinajstić information content (AvgIpc) is 2.56. The van der Waals surface area contributed by atoms with E-state index in [0.29, 0.717) is 25.4 Å². The minimum absolute atomic E-state index is 0.0645. The fraction of sp³-hybridized carbons (Fsp3) is 0.588. The second-order valence-electron chi connectivity index (χ2n) is 6.07. The summed E-state index contributed by atoms with van der Waals surface area (Å²) >= 11 is 0. The number of carbonyl (C=O) groups is 1. The summed E-state index contributed by atoms with van der Waals surface area (Å²) in [6, 6.07) is 6.44. The topological polar surface area (TPSA) is 75.7 Å². The maximum absolute atomic E-state index is 12.8. The minimum atomic E-state index is -3.58. The monoisotopic (exact) mass is 354 g/mol. The molecule has 1 aromatic carbocycles. The predicted octanol–water partition coefficient (Wildman–Crippen LogP) is 2.47. The van der Waals surface area contributed by atoms with E-state index in [1.807, 2.05) is 20.8 Å². The molecule has 0 aliphatic carbocycles. The van der Waals surface area contributed by atoms with Crippen molar-refractivity contribution in [3.05, 3.63) is 24.3 Å². The van der Waals surface area contributed by atoms with Crippen LogP contribution in [0.15, 0.2) is 29.2 Å². The Bertz CT molecular complexity index is 671. The van der Waals surface area contributed by atoms with Crippen LogP contribution >= 0.6 is 0 Å². The number of nitrogens with one attached hydrogen (secondary N) is 1. The number of benzene rings is 1. The molecule has 6 nitrogen and oxygen atoms in total. The van der Waals surface area contributed by atoms with Crippen molar-refractivity contribution in [2.75, 3.05) is 25.0 Å². The molecule has 1 atom stereocenters. The number of anilines is 1. The highest BCUT2D eigenvalue weighted by molar-refractivity contribution is 7.89. The van der Waals surface area contributed by atoms with Gasteiger partial charge in [0.05, 0.1) is 17.6 Å². The normalized spacial score (nSPS) is 19.4. The van der Waals surface area contributed by atoms with Crippen LogP contribution in [0, 0.1) is 5.92 Å². The van der Waals surface area contributed by atoms with Gasteiger partial charge in [0.25, 0.3) is 0 Å². The Morgan fingerprint density at radius 3 is 2.71 bits per heavy atom. The fourth-order valence-corrected chi connectivity index (χ4v) is 4.34. The number of carbonyl (C=O) groups excluding carboxylic acids is 1. The molecule has 1 fully saturated rings. The van der Waals surface area contributed by atoms with Gasteiger partial charge in [-0.25, -0.2) is 8.42 Å². The Morgan fingerprint density at radius 2 is 2.08 bits per heavy atom. The lowest BCUT2D eigenvalue weighted by Gasteiger charge is -2.30. The Kier molecular flexibility index (Phi) is 6.37. The molecule has 1 heterocycles. The largest absolute Gasteiger partial charge is 0.376 e. The first kappa shape index (κ1) is 18.9. The maximum atomic E-state index is 12.8. The van der Waals surface area contributed by atoms with Gasteiger partial charge in [-0.15, -0.1) is 0 Å². The lowest BCUT2D eigenvalue weighted by molar-refractivity contribution is -0.120. The molecule has 1 amide bonds. The van der Waals surface area contributed by atoms with Gasteiger partial charge in [0, 0.05) is 24.7 Å². The van der Waals surface area contributed by atoms with E-state index in [4.69, 9.17) is 4.74 Å². The SMILES string of the molecule is CCC(CC)C(=O)Nc1cccc(S(=O)(=O)N2CCOC(C)C2)c1. The first-order valence-corrected chi connectivity index (χ1v) is 9.85. The first-order chi connectivity index (χ1) is 11.4. The molecule has 134 valence electrons. The van der Waals surface area contributed by atoms with Crippen LogP contribution in [0.4, 0.5) is 5.69 Å².